The van der Waals surface area contributed by atoms with E-state index in [-0.39, 0.29) is 34.8 Å². The molecule has 3 rings (SSSR count). The molecule has 27 heavy (non-hydrogen) atoms. The summed E-state index contributed by atoms with van der Waals surface area (Å²) < 4.78 is 25.0. The zero-order chi connectivity index (χ0) is 19.6. The van der Waals surface area contributed by atoms with Crippen molar-refractivity contribution in [2.24, 2.45) is 0 Å². The number of benzene rings is 1. The first-order valence-corrected chi connectivity index (χ1v) is 11.8. The number of hydrogen-bond donors (Lipinski definition) is 0. The Morgan fingerprint density at radius 1 is 1.33 bits per heavy atom. The van der Waals surface area contributed by atoms with Crippen LogP contribution in [0.3, 0.4) is 0 Å². The number of thioether (sulfide) groups is 1. The second-order valence-electron chi connectivity index (χ2n) is 6.49. The Balaban J connectivity index is 1.79. The van der Waals surface area contributed by atoms with E-state index in [9.17, 15) is 18.0 Å². The van der Waals surface area contributed by atoms with E-state index in [2.05, 4.69) is 4.98 Å². The van der Waals surface area contributed by atoms with Crippen molar-refractivity contribution in [2.75, 3.05) is 23.8 Å². The number of aromatic nitrogens is 2. The number of carbonyl (C=O) groups is 1. The molecule has 2 aromatic rings. The molecular formula is C18H23N3O4S2. The predicted molar refractivity (Wildman–Crippen MR) is 107 cm³/mol. The Labute approximate surface area is 162 Å². The van der Waals surface area contributed by atoms with Crippen molar-refractivity contribution < 1.29 is 13.2 Å². The molecule has 1 aliphatic heterocycles. The Morgan fingerprint density at radius 3 is 2.70 bits per heavy atom. The van der Waals surface area contributed by atoms with Crippen LogP contribution in [0.2, 0.25) is 0 Å². The highest BCUT2D eigenvalue weighted by atomic mass is 32.2. The maximum atomic E-state index is 12.7. The lowest BCUT2D eigenvalue weighted by molar-refractivity contribution is -0.129. The number of rotatable bonds is 6. The van der Waals surface area contributed by atoms with Gasteiger partial charge in [-0.25, -0.2) is 13.4 Å². The first kappa shape index (κ1) is 19.9. The van der Waals surface area contributed by atoms with Gasteiger partial charge in [-0.05, 0) is 32.4 Å². The molecule has 1 aromatic heterocycles. The van der Waals surface area contributed by atoms with Gasteiger partial charge in [0, 0.05) is 19.1 Å². The maximum absolute atomic E-state index is 12.7. The first-order valence-electron chi connectivity index (χ1n) is 8.98. The monoisotopic (exact) mass is 409 g/mol. The van der Waals surface area contributed by atoms with Gasteiger partial charge >= 0.3 is 0 Å². The van der Waals surface area contributed by atoms with Crippen LogP contribution in [0.4, 0.5) is 0 Å². The third-order valence-corrected chi connectivity index (χ3v) is 7.49. The summed E-state index contributed by atoms with van der Waals surface area (Å²) in [4.78, 5) is 31.5. The summed E-state index contributed by atoms with van der Waals surface area (Å²) in [6, 6.07) is 6.90. The summed E-state index contributed by atoms with van der Waals surface area (Å²) in [7, 11) is -3.05. The standard InChI is InChI=1S/C18H23N3O4S2/c1-3-20(13-9-10-27(24,25)12-13)16(22)11-26-18-19-15-8-6-5-7-14(15)17(23)21(18)4-2/h5-8,13H,3-4,9-12H2,1-2H3/t13-/m1/s1. The number of sulfone groups is 1. The zero-order valence-electron chi connectivity index (χ0n) is 15.4. The summed E-state index contributed by atoms with van der Waals surface area (Å²) in [6.07, 6.45) is 0.487. The van der Waals surface area contributed by atoms with Crippen molar-refractivity contribution in [1.82, 2.24) is 14.5 Å². The van der Waals surface area contributed by atoms with Gasteiger partial charge in [0.2, 0.25) is 5.91 Å². The van der Waals surface area contributed by atoms with Crippen LogP contribution >= 0.6 is 11.8 Å². The summed E-state index contributed by atoms with van der Waals surface area (Å²) in [5, 5.41) is 1.06. The molecule has 0 N–H and O–H groups in total. The lowest BCUT2D eigenvalue weighted by Crippen LogP contribution is -2.42. The third-order valence-electron chi connectivity index (χ3n) is 4.78. The Morgan fingerprint density at radius 2 is 2.07 bits per heavy atom. The molecule has 1 saturated heterocycles. The second kappa shape index (κ2) is 8.02. The predicted octanol–water partition coefficient (Wildman–Crippen LogP) is 1.54. The molecule has 0 spiro atoms. The minimum atomic E-state index is -3.05. The highest BCUT2D eigenvalue weighted by molar-refractivity contribution is 7.99. The number of para-hydroxylation sites is 1. The van der Waals surface area contributed by atoms with E-state index in [4.69, 9.17) is 0 Å². The Hall–Kier alpha value is -1.87. The maximum Gasteiger partial charge on any atom is 0.262 e. The number of hydrogen-bond acceptors (Lipinski definition) is 6. The average molecular weight is 410 g/mol. The largest absolute Gasteiger partial charge is 0.338 e. The molecule has 146 valence electrons. The van der Waals surface area contributed by atoms with Crippen LogP contribution in [0.1, 0.15) is 20.3 Å². The molecule has 0 radical (unpaired) electrons. The van der Waals surface area contributed by atoms with E-state index in [0.717, 1.165) is 0 Å². The van der Waals surface area contributed by atoms with Gasteiger partial charge in [-0.15, -0.1) is 0 Å². The lowest BCUT2D eigenvalue weighted by Gasteiger charge is -2.26. The molecule has 7 nitrogen and oxygen atoms in total. The molecule has 0 aliphatic carbocycles. The summed E-state index contributed by atoms with van der Waals surface area (Å²) in [5.74, 6) is 0.158. The molecule has 1 aromatic carbocycles. The van der Waals surface area contributed by atoms with E-state index >= 15 is 0 Å². The fourth-order valence-corrected chi connectivity index (χ4v) is 6.09. The van der Waals surface area contributed by atoms with Gasteiger partial charge in [-0.3, -0.25) is 14.2 Å². The van der Waals surface area contributed by atoms with Crippen LogP contribution in [-0.2, 0) is 21.2 Å². The minimum Gasteiger partial charge on any atom is -0.338 e. The van der Waals surface area contributed by atoms with Gasteiger partial charge in [0.1, 0.15) is 0 Å². The third kappa shape index (κ3) is 4.19. The van der Waals surface area contributed by atoms with Crippen molar-refractivity contribution in [3.63, 3.8) is 0 Å². The van der Waals surface area contributed by atoms with Crippen LogP contribution in [0, 0.1) is 0 Å². The van der Waals surface area contributed by atoms with Crippen LogP contribution < -0.4 is 5.56 Å². The molecule has 9 heteroatoms. The highest BCUT2D eigenvalue weighted by Gasteiger charge is 2.33. The van der Waals surface area contributed by atoms with E-state index in [1.54, 1.807) is 27.7 Å². The van der Waals surface area contributed by atoms with Gasteiger partial charge < -0.3 is 4.90 Å². The summed E-state index contributed by atoms with van der Waals surface area (Å²) >= 11 is 1.22. The topological polar surface area (TPSA) is 89.3 Å². The number of carbonyl (C=O) groups excluding carboxylic acids is 1. The molecule has 1 amide bonds. The van der Waals surface area contributed by atoms with E-state index < -0.39 is 9.84 Å². The van der Waals surface area contributed by atoms with Crippen LogP contribution in [0.25, 0.3) is 10.9 Å². The fraction of sp³-hybridized carbons (Fsp3) is 0.500. The normalized spacial score (nSPS) is 18.7. The van der Waals surface area contributed by atoms with Crippen LogP contribution in [-0.4, -0.2) is 58.6 Å². The van der Waals surface area contributed by atoms with Crippen LogP contribution in [0.5, 0.6) is 0 Å². The average Bonchev–Trinajstić information content (AvgIpc) is 3.00. The summed E-state index contributed by atoms with van der Waals surface area (Å²) in [6.45, 7) is 4.64. The van der Waals surface area contributed by atoms with E-state index in [1.165, 1.54) is 11.8 Å². The van der Waals surface area contributed by atoms with Crippen molar-refractivity contribution in [3.8, 4) is 0 Å². The SMILES string of the molecule is CCN(C(=O)CSc1nc2ccccc2c(=O)n1CC)[C@@H]1CCS(=O)(=O)C1. The molecule has 1 fully saturated rings. The molecule has 0 unspecified atom stereocenters. The number of amides is 1. The van der Waals surface area contributed by atoms with Crippen molar-refractivity contribution >= 4 is 38.4 Å². The van der Waals surface area contributed by atoms with E-state index in [0.29, 0.717) is 35.6 Å². The van der Waals surface area contributed by atoms with Gasteiger partial charge in [-0.1, -0.05) is 23.9 Å². The molecule has 0 bridgehead atoms. The quantitative estimate of drug-likeness (QED) is 0.531. The zero-order valence-corrected chi connectivity index (χ0v) is 17.1. The molecule has 0 saturated carbocycles. The van der Waals surface area contributed by atoms with Gasteiger partial charge in [-0.2, -0.15) is 0 Å². The molecular weight excluding hydrogens is 386 g/mol. The Bertz CT molecular complexity index is 1020. The molecule has 1 atom stereocenters. The molecule has 1 aliphatic rings. The number of nitrogens with zero attached hydrogens (tertiary/aromatic N) is 3. The van der Waals surface area contributed by atoms with Crippen molar-refractivity contribution in [2.45, 2.75) is 38.0 Å². The first-order chi connectivity index (χ1) is 12.9. The second-order valence-corrected chi connectivity index (χ2v) is 9.66. The van der Waals surface area contributed by atoms with Gasteiger partial charge in [0.25, 0.3) is 5.56 Å². The fourth-order valence-electron chi connectivity index (χ4n) is 3.41. The minimum absolute atomic E-state index is 0.0329. The summed E-state index contributed by atoms with van der Waals surface area (Å²) in [5.41, 5.74) is 0.490. The van der Waals surface area contributed by atoms with E-state index in [1.807, 2.05) is 19.9 Å². The Kier molecular flexibility index (Phi) is 5.90. The van der Waals surface area contributed by atoms with Crippen molar-refractivity contribution in [3.05, 3.63) is 34.6 Å². The highest BCUT2D eigenvalue weighted by Crippen LogP contribution is 2.22. The van der Waals surface area contributed by atoms with Crippen LogP contribution in [0.15, 0.2) is 34.2 Å². The lowest BCUT2D eigenvalue weighted by atomic mass is 10.2. The smallest absolute Gasteiger partial charge is 0.262 e. The van der Waals surface area contributed by atoms with Gasteiger partial charge in [0.05, 0.1) is 28.2 Å². The van der Waals surface area contributed by atoms with Gasteiger partial charge in [0.15, 0.2) is 15.0 Å². The number of fused-ring (bicyclic) bond motifs is 1. The van der Waals surface area contributed by atoms with Crippen molar-refractivity contribution in [1.29, 1.82) is 0 Å². The molecule has 2 heterocycles.